The summed E-state index contributed by atoms with van der Waals surface area (Å²) >= 11 is 7.02. The molecule has 3 rings (SSSR count). The van der Waals surface area contributed by atoms with Gasteiger partial charge < -0.3 is 4.74 Å². The molecule has 0 fully saturated rings. The largest absolute Gasteiger partial charge is 0.457 e. The second-order valence-electron chi connectivity index (χ2n) is 4.01. The molecule has 0 aliphatic rings. The van der Waals surface area contributed by atoms with Gasteiger partial charge in [0.2, 0.25) is 0 Å². The Hall–Kier alpha value is -1.39. The summed E-state index contributed by atoms with van der Waals surface area (Å²) in [4.78, 5) is 4.36. The average molecular weight is 379 g/mol. The highest BCUT2D eigenvalue weighted by atomic mass is 79.9. The maximum Gasteiger partial charge on any atom is 0.128 e. The van der Waals surface area contributed by atoms with Gasteiger partial charge in [0.05, 0.1) is 9.99 Å². The maximum absolute atomic E-state index is 5.82. The molecule has 0 saturated carbocycles. The number of hydrogen-bond acceptors (Lipinski definition) is 2. The van der Waals surface area contributed by atoms with Crippen molar-refractivity contribution in [3.8, 4) is 11.5 Å². The van der Waals surface area contributed by atoms with Gasteiger partial charge in [-0.25, -0.2) is 0 Å². The molecule has 1 aromatic heterocycles. The first-order chi connectivity index (χ1) is 9.24. The third-order valence-electron chi connectivity index (χ3n) is 2.71. The molecule has 0 aliphatic heterocycles. The molecule has 0 N–H and O–H groups in total. The van der Waals surface area contributed by atoms with Gasteiger partial charge in [0.25, 0.3) is 0 Å². The van der Waals surface area contributed by atoms with E-state index in [-0.39, 0.29) is 0 Å². The van der Waals surface area contributed by atoms with Gasteiger partial charge in [-0.15, -0.1) is 0 Å². The van der Waals surface area contributed by atoms with Crippen LogP contribution >= 0.6 is 31.9 Å². The Morgan fingerprint density at radius 2 is 1.68 bits per heavy atom. The Balaban J connectivity index is 2.04. The van der Waals surface area contributed by atoms with Crippen molar-refractivity contribution < 1.29 is 4.74 Å². The number of fused-ring (bicyclic) bond motifs is 1. The fourth-order valence-corrected chi connectivity index (χ4v) is 2.54. The van der Waals surface area contributed by atoms with E-state index in [0.29, 0.717) is 0 Å². The van der Waals surface area contributed by atoms with Crippen molar-refractivity contribution in [2.75, 3.05) is 0 Å². The fourth-order valence-electron chi connectivity index (χ4n) is 1.80. The van der Waals surface area contributed by atoms with Crippen LogP contribution < -0.4 is 4.74 Å². The molecular weight excluding hydrogens is 370 g/mol. The number of para-hydroxylation sites is 1. The van der Waals surface area contributed by atoms with E-state index in [0.717, 1.165) is 31.3 Å². The van der Waals surface area contributed by atoms with Crippen LogP contribution in [-0.2, 0) is 0 Å². The molecule has 0 bridgehead atoms. The SMILES string of the molecule is Brc1cnc2ccc(Oc3ccccc3)cc2c1Br. The molecule has 0 radical (unpaired) electrons. The minimum atomic E-state index is 0.791. The van der Waals surface area contributed by atoms with Gasteiger partial charge in [-0.1, -0.05) is 18.2 Å². The normalized spacial score (nSPS) is 10.6. The summed E-state index contributed by atoms with van der Waals surface area (Å²) in [5.41, 5.74) is 0.926. The van der Waals surface area contributed by atoms with Crippen molar-refractivity contribution in [1.29, 1.82) is 0 Å². The molecule has 0 spiro atoms. The molecule has 0 saturated heterocycles. The van der Waals surface area contributed by atoms with Crippen molar-refractivity contribution in [2.24, 2.45) is 0 Å². The van der Waals surface area contributed by atoms with Crippen molar-refractivity contribution in [3.63, 3.8) is 0 Å². The van der Waals surface area contributed by atoms with Crippen LogP contribution in [0.2, 0.25) is 0 Å². The van der Waals surface area contributed by atoms with Crippen LogP contribution in [0, 0.1) is 0 Å². The molecule has 19 heavy (non-hydrogen) atoms. The Morgan fingerprint density at radius 1 is 0.895 bits per heavy atom. The van der Waals surface area contributed by atoms with E-state index in [2.05, 4.69) is 36.8 Å². The first kappa shape index (κ1) is 12.6. The molecule has 1 heterocycles. The lowest BCUT2D eigenvalue weighted by Crippen LogP contribution is -1.86. The van der Waals surface area contributed by atoms with Crippen molar-refractivity contribution in [3.05, 3.63) is 63.7 Å². The van der Waals surface area contributed by atoms with E-state index in [1.54, 1.807) is 6.20 Å². The molecule has 94 valence electrons. The zero-order valence-corrected chi connectivity index (χ0v) is 13.0. The standard InChI is InChI=1S/C15H9Br2NO/c16-13-9-18-14-7-6-11(8-12(14)15(13)17)19-10-4-2-1-3-5-10/h1-9H. The van der Waals surface area contributed by atoms with Gasteiger partial charge in [-0.2, -0.15) is 0 Å². The van der Waals surface area contributed by atoms with Crippen molar-refractivity contribution in [2.45, 2.75) is 0 Å². The Labute approximate surface area is 127 Å². The van der Waals surface area contributed by atoms with Gasteiger partial charge in [0.15, 0.2) is 0 Å². The Morgan fingerprint density at radius 3 is 2.47 bits per heavy atom. The zero-order valence-electron chi connectivity index (χ0n) is 9.81. The van der Waals surface area contributed by atoms with E-state index in [9.17, 15) is 0 Å². The number of pyridine rings is 1. The highest BCUT2D eigenvalue weighted by Crippen LogP contribution is 2.33. The monoisotopic (exact) mass is 377 g/mol. The lowest BCUT2D eigenvalue weighted by Gasteiger charge is -2.08. The number of aromatic nitrogens is 1. The molecule has 3 aromatic rings. The molecule has 4 heteroatoms. The zero-order chi connectivity index (χ0) is 13.2. The molecule has 0 aliphatic carbocycles. The van der Waals surface area contributed by atoms with Crippen LogP contribution in [0.3, 0.4) is 0 Å². The molecule has 0 unspecified atom stereocenters. The van der Waals surface area contributed by atoms with Crippen LogP contribution in [-0.4, -0.2) is 4.98 Å². The predicted octanol–water partition coefficient (Wildman–Crippen LogP) is 5.55. The molecule has 0 amide bonds. The second kappa shape index (κ2) is 5.31. The number of rotatable bonds is 2. The van der Waals surface area contributed by atoms with E-state index >= 15 is 0 Å². The van der Waals surface area contributed by atoms with Crippen molar-refractivity contribution >= 4 is 42.8 Å². The minimum absolute atomic E-state index is 0.791. The third-order valence-corrected chi connectivity index (χ3v) is 4.70. The summed E-state index contributed by atoms with van der Waals surface area (Å²) < 4.78 is 7.73. The number of benzene rings is 2. The average Bonchev–Trinajstić information content (AvgIpc) is 2.45. The summed E-state index contributed by atoms with van der Waals surface area (Å²) in [6.07, 6.45) is 1.78. The highest BCUT2D eigenvalue weighted by Gasteiger charge is 2.06. The molecule has 2 aromatic carbocycles. The summed E-state index contributed by atoms with van der Waals surface area (Å²) in [5.74, 6) is 1.61. The van der Waals surface area contributed by atoms with E-state index in [4.69, 9.17) is 4.74 Å². The number of halogens is 2. The van der Waals surface area contributed by atoms with E-state index in [1.165, 1.54) is 0 Å². The second-order valence-corrected chi connectivity index (χ2v) is 5.66. The molecule has 2 nitrogen and oxygen atoms in total. The summed E-state index contributed by atoms with van der Waals surface area (Å²) in [6, 6.07) is 15.6. The van der Waals surface area contributed by atoms with Gasteiger partial charge >= 0.3 is 0 Å². The van der Waals surface area contributed by atoms with Crippen LogP contribution in [0.15, 0.2) is 63.7 Å². The Bertz CT molecular complexity index is 729. The first-order valence-electron chi connectivity index (χ1n) is 5.71. The van der Waals surface area contributed by atoms with Crippen LogP contribution in [0.5, 0.6) is 11.5 Å². The summed E-state index contributed by atoms with van der Waals surface area (Å²) in [5, 5.41) is 1.02. The lowest BCUT2D eigenvalue weighted by molar-refractivity contribution is 0.483. The van der Waals surface area contributed by atoms with Crippen molar-refractivity contribution in [1.82, 2.24) is 4.98 Å². The highest BCUT2D eigenvalue weighted by molar-refractivity contribution is 9.13. The lowest BCUT2D eigenvalue weighted by atomic mass is 10.2. The number of nitrogens with zero attached hydrogens (tertiary/aromatic N) is 1. The molecular formula is C15H9Br2NO. The van der Waals surface area contributed by atoms with Gasteiger partial charge in [0.1, 0.15) is 11.5 Å². The van der Waals surface area contributed by atoms with Gasteiger partial charge in [-0.3, -0.25) is 4.98 Å². The smallest absolute Gasteiger partial charge is 0.128 e. The maximum atomic E-state index is 5.82. The number of hydrogen-bond donors (Lipinski definition) is 0. The number of ether oxygens (including phenoxy) is 1. The van der Waals surface area contributed by atoms with Crippen LogP contribution in [0.25, 0.3) is 10.9 Å². The van der Waals surface area contributed by atoms with Gasteiger partial charge in [-0.05, 0) is 62.2 Å². The quantitative estimate of drug-likeness (QED) is 0.583. The van der Waals surface area contributed by atoms with Crippen LogP contribution in [0.1, 0.15) is 0 Å². The topological polar surface area (TPSA) is 22.1 Å². The fraction of sp³-hybridized carbons (Fsp3) is 0. The predicted molar refractivity (Wildman–Crippen MR) is 83.7 cm³/mol. The Kier molecular flexibility index (Phi) is 3.53. The first-order valence-corrected chi connectivity index (χ1v) is 7.29. The van der Waals surface area contributed by atoms with E-state index < -0.39 is 0 Å². The van der Waals surface area contributed by atoms with Gasteiger partial charge in [0, 0.05) is 16.1 Å². The van der Waals surface area contributed by atoms with Crippen LogP contribution in [0.4, 0.5) is 0 Å². The summed E-state index contributed by atoms with van der Waals surface area (Å²) in [6.45, 7) is 0. The molecule has 0 atom stereocenters. The third kappa shape index (κ3) is 2.65. The minimum Gasteiger partial charge on any atom is -0.457 e. The van der Waals surface area contributed by atoms with E-state index in [1.807, 2.05) is 48.5 Å². The summed E-state index contributed by atoms with van der Waals surface area (Å²) in [7, 11) is 0.